The largest absolute Gasteiger partial charge is 0.506 e. The Kier molecular flexibility index (Phi) is 4.58. The first-order valence-electron chi connectivity index (χ1n) is 9.57. The lowest BCUT2D eigenvalue weighted by atomic mass is 9.48. The van der Waals surface area contributed by atoms with Crippen molar-refractivity contribution < 1.29 is 20.1 Å². The maximum Gasteiger partial charge on any atom is 0.171 e. The molecule has 1 unspecified atom stereocenters. The monoisotopic (exact) mass is 358 g/mol. The zero-order valence-electron chi connectivity index (χ0n) is 16.2. The third kappa shape index (κ3) is 2.80. The van der Waals surface area contributed by atoms with Gasteiger partial charge in [-0.1, -0.05) is 45.8 Å². The summed E-state index contributed by atoms with van der Waals surface area (Å²) in [5.74, 6) is -0.273. The third-order valence-corrected chi connectivity index (χ3v) is 7.06. The number of phenolic OH excluding ortho intramolecular Hbond substituents is 3. The average Bonchev–Trinajstić information content (AvgIpc) is 2.55. The molecule has 0 amide bonds. The Bertz CT molecular complexity index is 762. The predicted molar refractivity (Wildman–Crippen MR) is 102 cm³/mol. The molecule has 3 atom stereocenters. The SMILES string of the molecule is C[C@H]1CCC2C(C)(C)CCC[C@]2(C)C1=Cc1cc(O)c(O)c(C=O)c1O. The van der Waals surface area contributed by atoms with Crippen molar-refractivity contribution in [1.29, 1.82) is 0 Å². The molecular weight excluding hydrogens is 328 g/mol. The molecule has 0 radical (unpaired) electrons. The summed E-state index contributed by atoms with van der Waals surface area (Å²) >= 11 is 0. The van der Waals surface area contributed by atoms with Crippen molar-refractivity contribution in [2.75, 3.05) is 0 Å². The van der Waals surface area contributed by atoms with E-state index in [1.807, 2.05) is 6.08 Å². The average molecular weight is 358 g/mol. The number of carbonyl (C=O) groups excluding carboxylic acids is 1. The highest BCUT2D eigenvalue weighted by Crippen LogP contribution is 2.61. The van der Waals surface area contributed by atoms with Crippen molar-refractivity contribution in [3.05, 3.63) is 22.8 Å². The summed E-state index contributed by atoms with van der Waals surface area (Å²) in [5, 5.41) is 30.2. The molecule has 0 aromatic heterocycles. The van der Waals surface area contributed by atoms with Gasteiger partial charge in [-0.2, -0.15) is 0 Å². The first-order valence-corrected chi connectivity index (χ1v) is 9.57. The number of carbonyl (C=O) groups is 1. The Morgan fingerprint density at radius 1 is 1.08 bits per heavy atom. The van der Waals surface area contributed by atoms with Crippen molar-refractivity contribution in [1.82, 2.24) is 0 Å². The lowest BCUT2D eigenvalue weighted by molar-refractivity contribution is -0.00534. The minimum atomic E-state index is -0.570. The van der Waals surface area contributed by atoms with E-state index in [2.05, 4.69) is 27.7 Å². The summed E-state index contributed by atoms with van der Waals surface area (Å²) in [4.78, 5) is 11.2. The summed E-state index contributed by atoms with van der Waals surface area (Å²) in [6.45, 7) is 9.26. The molecule has 0 heterocycles. The van der Waals surface area contributed by atoms with Crippen LogP contribution in [0.5, 0.6) is 17.2 Å². The molecule has 4 nitrogen and oxygen atoms in total. The van der Waals surface area contributed by atoms with Crippen molar-refractivity contribution >= 4 is 12.4 Å². The Morgan fingerprint density at radius 3 is 2.42 bits per heavy atom. The van der Waals surface area contributed by atoms with Gasteiger partial charge in [0.1, 0.15) is 11.3 Å². The van der Waals surface area contributed by atoms with Crippen LogP contribution in [0.2, 0.25) is 0 Å². The van der Waals surface area contributed by atoms with E-state index in [9.17, 15) is 20.1 Å². The lowest BCUT2D eigenvalue weighted by Crippen LogP contribution is -2.47. The first kappa shape index (κ1) is 18.8. The molecule has 1 aromatic carbocycles. The fraction of sp³-hybridized carbons (Fsp3) is 0.591. The highest BCUT2D eigenvalue weighted by atomic mass is 16.3. The quantitative estimate of drug-likeness (QED) is 0.383. The van der Waals surface area contributed by atoms with Crippen LogP contribution in [-0.2, 0) is 0 Å². The van der Waals surface area contributed by atoms with Gasteiger partial charge in [0.15, 0.2) is 17.8 Å². The number of hydrogen-bond acceptors (Lipinski definition) is 4. The molecular formula is C22H30O4. The highest BCUT2D eigenvalue weighted by Gasteiger charge is 2.51. The third-order valence-electron chi connectivity index (χ3n) is 7.06. The number of hydrogen-bond donors (Lipinski definition) is 3. The number of benzene rings is 1. The number of fused-ring (bicyclic) bond motifs is 1. The molecule has 0 aliphatic heterocycles. The molecule has 2 saturated carbocycles. The summed E-state index contributed by atoms with van der Waals surface area (Å²) < 4.78 is 0. The molecule has 2 aliphatic carbocycles. The molecule has 3 rings (SSSR count). The van der Waals surface area contributed by atoms with Crippen LogP contribution < -0.4 is 0 Å². The van der Waals surface area contributed by atoms with Gasteiger partial charge in [-0.25, -0.2) is 0 Å². The van der Waals surface area contributed by atoms with Crippen LogP contribution >= 0.6 is 0 Å². The summed E-state index contributed by atoms with van der Waals surface area (Å²) in [6, 6.07) is 1.35. The van der Waals surface area contributed by atoms with E-state index < -0.39 is 5.75 Å². The molecule has 0 saturated heterocycles. The maximum atomic E-state index is 11.2. The van der Waals surface area contributed by atoms with Crippen molar-refractivity contribution in [2.45, 2.75) is 59.8 Å². The number of allylic oxidation sites excluding steroid dienone is 1. The Morgan fingerprint density at radius 2 is 1.77 bits per heavy atom. The van der Waals surface area contributed by atoms with Gasteiger partial charge in [-0.15, -0.1) is 0 Å². The molecule has 142 valence electrons. The number of aldehydes is 1. The normalized spacial score (nSPS) is 32.2. The van der Waals surface area contributed by atoms with Crippen LogP contribution in [0, 0.1) is 22.7 Å². The number of aromatic hydroxyl groups is 3. The van der Waals surface area contributed by atoms with E-state index in [1.165, 1.54) is 30.9 Å². The van der Waals surface area contributed by atoms with Gasteiger partial charge in [0.25, 0.3) is 0 Å². The second kappa shape index (κ2) is 6.33. The second-order valence-electron chi connectivity index (χ2n) is 9.10. The van der Waals surface area contributed by atoms with Crippen LogP contribution in [0.15, 0.2) is 11.6 Å². The molecule has 26 heavy (non-hydrogen) atoms. The molecule has 3 N–H and O–H groups in total. The van der Waals surface area contributed by atoms with Crippen LogP contribution in [0.1, 0.15) is 75.7 Å². The minimum Gasteiger partial charge on any atom is -0.506 e. The van der Waals surface area contributed by atoms with Gasteiger partial charge in [0.05, 0.1) is 0 Å². The Labute approximate surface area is 155 Å². The molecule has 2 fully saturated rings. The minimum absolute atomic E-state index is 0.0424. The van der Waals surface area contributed by atoms with E-state index in [-0.39, 0.29) is 27.9 Å². The molecule has 0 spiro atoms. The van der Waals surface area contributed by atoms with E-state index in [1.54, 1.807) is 0 Å². The van der Waals surface area contributed by atoms with Crippen molar-refractivity contribution in [2.24, 2.45) is 22.7 Å². The van der Waals surface area contributed by atoms with Gasteiger partial charge in [0, 0.05) is 5.56 Å². The fourth-order valence-electron chi connectivity index (χ4n) is 5.70. The number of phenols is 3. The van der Waals surface area contributed by atoms with E-state index >= 15 is 0 Å². The molecule has 2 aliphatic rings. The number of rotatable bonds is 2. The van der Waals surface area contributed by atoms with E-state index in [4.69, 9.17) is 0 Å². The molecule has 0 bridgehead atoms. The van der Waals surface area contributed by atoms with Crippen LogP contribution in [0.3, 0.4) is 0 Å². The van der Waals surface area contributed by atoms with Gasteiger partial charge < -0.3 is 15.3 Å². The standard InChI is InChI=1S/C22H30O4/c1-13-6-7-18-21(2,3)8-5-9-22(18,4)16(13)10-14-11-17(24)20(26)15(12-23)19(14)25/h10-13,18,24-26H,5-9H2,1-4H3/t13-,18?,22+/m0/s1. The van der Waals surface area contributed by atoms with Crippen LogP contribution in [-0.4, -0.2) is 21.6 Å². The molecule has 4 heteroatoms. The van der Waals surface area contributed by atoms with Gasteiger partial charge in [-0.05, 0) is 54.4 Å². The van der Waals surface area contributed by atoms with Gasteiger partial charge >= 0.3 is 0 Å². The van der Waals surface area contributed by atoms with E-state index in [0.29, 0.717) is 23.7 Å². The van der Waals surface area contributed by atoms with Gasteiger partial charge in [-0.3, -0.25) is 4.79 Å². The van der Waals surface area contributed by atoms with Gasteiger partial charge in [0.2, 0.25) is 0 Å². The fourth-order valence-corrected chi connectivity index (χ4v) is 5.70. The zero-order valence-corrected chi connectivity index (χ0v) is 16.2. The summed E-state index contributed by atoms with van der Waals surface area (Å²) in [7, 11) is 0. The smallest absolute Gasteiger partial charge is 0.171 e. The zero-order chi connectivity index (χ0) is 19.3. The lowest BCUT2D eigenvalue weighted by Gasteiger charge is -2.56. The highest BCUT2D eigenvalue weighted by molar-refractivity contribution is 5.88. The maximum absolute atomic E-state index is 11.2. The van der Waals surface area contributed by atoms with Crippen molar-refractivity contribution in [3.8, 4) is 17.2 Å². The van der Waals surface area contributed by atoms with Crippen molar-refractivity contribution in [3.63, 3.8) is 0 Å². The molecule has 1 aromatic rings. The Hall–Kier alpha value is -1.97. The Balaban J connectivity index is 2.15. The summed E-state index contributed by atoms with van der Waals surface area (Å²) in [6.07, 6.45) is 8.15. The van der Waals surface area contributed by atoms with E-state index in [0.717, 1.165) is 12.8 Å². The second-order valence-corrected chi connectivity index (χ2v) is 9.10. The van der Waals surface area contributed by atoms with Crippen LogP contribution in [0.4, 0.5) is 0 Å². The topological polar surface area (TPSA) is 77.8 Å². The first-order chi connectivity index (χ1) is 12.1. The predicted octanol–water partition coefficient (Wildman–Crippen LogP) is 5.26. The van der Waals surface area contributed by atoms with Crippen LogP contribution in [0.25, 0.3) is 6.08 Å². The summed E-state index contributed by atoms with van der Waals surface area (Å²) in [5.41, 5.74) is 1.74.